The topological polar surface area (TPSA) is 34.5 Å². The third-order valence-corrected chi connectivity index (χ3v) is 7.55. The summed E-state index contributed by atoms with van der Waals surface area (Å²) >= 11 is 0. The van der Waals surface area contributed by atoms with Gasteiger partial charge >= 0.3 is 5.97 Å². The highest BCUT2D eigenvalue weighted by molar-refractivity contribution is 5.87. The minimum atomic E-state index is -0.537. The van der Waals surface area contributed by atoms with Gasteiger partial charge in [-0.15, -0.1) is 0 Å². The molecular weight excluding hydrogens is 427 g/mol. The summed E-state index contributed by atoms with van der Waals surface area (Å²) in [6.07, 6.45) is 3.71. The minimum Gasteiger partial charge on any atom is -0.460 e. The van der Waals surface area contributed by atoms with E-state index in [-0.39, 0.29) is 24.1 Å². The lowest BCUT2D eigenvalue weighted by atomic mass is 9.94. The number of hydrogen-bond acceptors (Lipinski definition) is 3. The SMILES string of the molecule is Cc1ccc2c(c1)c1c(n2CC(CC(=O)OC(C)(C)C)c2ccc(F)cc2)CC2CCC1N2C. The number of aryl methyl sites for hydroxylation is 1. The van der Waals surface area contributed by atoms with E-state index >= 15 is 0 Å². The number of esters is 1. The Morgan fingerprint density at radius 3 is 2.59 bits per heavy atom. The summed E-state index contributed by atoms with van der Waals surface area (Å²) < 4.78 is 21.8. The molecule has 2 aromatic carbocycles. The Morgan fingerprint density at radius 2 is 1.88 bits per heavy atom. The van der Waals surface area contributed by atoms with Gasteiger partial charge in [0.15, 0.2) is 0 Å². The number of ether oxygens (including phenoxy) is 1. The first-order valence-electron chi connectivity index (χ1n) is 12.4. The van der Waals surface area contributed by atoms with E-state index in [1.165, 1.54) is 52.7 Å². The van der Waals surface area contributed by atoms with Gasteiger partial charge in [0.25, 0.3) is 0 Å². The molecule has 0 spiro atoms. The van der Waals surface area contributed by atoms with Crippen LogP contribution in [-0.4, -0.2) is 34.1 Å². The molecular formula is C29H35FN2O2. The van der Waals surface area contributed by atoms with Crippen molar-refractivity contribution in [2.24, 2.45) is 0 Å². The van der Waals surface area contributed by atoms with E-state index < -0.39 is 5.60 Å². The van der Waals surface area contributed by atoms with E-state index in [1.54, 1.807) is 0 Å². The van der Waals surface area contributed by atoms with Gasteiger partial charge in [0.05, 0.1) is 6.42 Å². The van der Waals surface area contributed by atoms with Gasteiger partial charge in [-0.05, 0) is 83.0 Å². The molecule has 180 valence electrons. The van der Waals surface area contributed by atoms with Crippen LogP contribution in [0.15, 0.2) is 42.5 Å². The first-order valence-corrected chi connectivity index (χ1v) is 12.4. The van der Waals surface area contributed by atoms with Crippen molar-refractivity contribution < 1.29 is 13.9 Å². The molecule has 2 aliphatic rings. The van der Waals surface area contributed by atoms with Crippen LogP contribution in [0.4, 0.5) is 4.39 Å². The van der Waals surface area contributed by atoms with Crippen LogP contribution in [0.5, 0.6) is 0 Å². The van der Waals surface area contributed by atoms with Gasteiger partial charge in [-0.25, -0.2) is 4.39 Å². The van der Waals surface area contributed by atoms with Gasteiger partial charge in [0.2, 0.25) is 0 Å². The highest BCUT2D eigenvalue weighted by atomic mass is 19.1. The van der Waals surface area contributed by atoms with E-state index in [4.69, 9.17) is 4.74 Å². The fourth-order valence-corrected chi connectivity index (χ4v) is 6.00. The van der Waals surface area contributed by atoms with E-state index in [1.807, 2.05) is 32.9 Å². The second-order valence-electron chi connectivity index (χ2n) is 11.1. The Morgan fingerprint density at radius 1 is 1.15 bits per heavy atom. The maximum absolute atomic E-state index is 13.7. The summed E-state index contributed by atoms with van der Waals surface area (Å²) in [6.45, 7) is 8.49. The van der Waals surface area contributed by atoms with Crippen LogP contribution in [0.1, 0.15) is 74.4 Å². The van der Waals surface area contributed by atoms with Crippen LogP contribution in [0.2, 0.25) is 0 Å². The molecule has 1 saturated heterocycles. The van der Waals surface area contributed by atoms with Crippen molar-refractivity contribution in [3.8, 4) is 0 Å². The largest absolute Gasteiger partial charge is 0.460 e. The van der Waals surface area contributed by atoms with Crippen molar-refractivity contribution in [2.45, 2.75) is 83.5 Å². The smallest absolute Gasteiger partial charge is 0.306 e. The van der Waals surface area contributed by atoms with Gasteiger partial charge in [0.1, 0.15) is 11.4 Å². The Labute approximate surface area is 201 Å². The van der Waals surface area contributed by atoms with Gasteiger partial charge in [-0.1, -0.05) is 23.8 Å². The summed E-state index contributed by atoms with van der Waals surface area (Å²) in [5.74, 6) is -0.588. The maximum atomic E-state index is 13.7. The molecule has 0 amide bonds. The highest BCUT2D eigenvalue weighted by Gasteiger charge is 2.41. The molecule has 1 fully saturated rings. The molecule has 2 bridgehead atoms. The van der Waals surface area contributed by atoms with Crippen LogP contribution in [0.3, 0.4) is 0 Å². The van der Waals surface area contributed by atoms with E-state index in [0.29, 0.717) is 18.6 Å². The van der Waals surface area contributed by atoms with Crippen molar-refractivity contribution in [3.05, 3.63) is 70.7 Å². The number of likely N-dealkylation sites (N-methyl/N-ethyl adjacent to an activating group) is 1. The third kappa shape index (κ3) is 4.26. The fraction of sp³-hybridized carbons (Fsp3) is 0.483. The van der Waals surface area contributed by atoms with E-state index in [0.717, 1.165) is 12.0 Å². The zero-order valence-electron chi connectivity index (χ0n) is 20.9. The molecule has 3 heterocycles. The standard InChI is InChI=1S/C29H35FN2O2/c1-18-6-12-24-23(14-18)28-25-13-11-22(31(25)5)16-26(28)32(24)17-20(15-27(33)34-29(2,3)4)19-7-9-21(30)10-8-19/h6-10,12,14,20,22,25H,11,13,15-17H2,1-5H3. The zero-order valence-corrected chi connectivity index (χ0v) is 20.9. The zero-order chi connectivity index (χ0) is 24.2. The summed E-state index contributed by atoms with van der Waals surface area (Å²) in [7, 11) is 2.26. The second-order valence-corrected chi connectivity index (χ2v) is 11.1. The number of nitrogens with zero attached hydrogens (tertiary/aromatic N) is 2. The van der Waals surface area contributed by atoms with Crippen LogP contribution >= 0.6 is 0 Å². The normalized spacial score (nSPS) is 21.0. The summed E-state index contributed by atoms with van der Waals surface area (Å²) in [4.78, 5) is 15.4. The number of halogens is 1. The Bertz CT molecular complexity index is 1220. The Kier molecular flexibility index (Phi) is 5.79. The molecule has 0 N–H and O–H groups in total. The molecule has 3 unspecified atom stereocenters. The lowest BCUT2D eigenvalue weighted by Crippen LogP contribution is -2.35. The van der Waals surface area contributed by atoms with Crippen LogP contribution in [0, 0.1) is 12.7 Å². The Balaban J connectivity index is 1.58. The predicted molar refractivity (Wildman–Crippen MR) is 134 cm³/mol. The van der Waals surface area contributed by atoms with Crippen molar-refractivity contribution in [1.29, 1.82) is 0 Å². The second kappa shape index (κ2) is 8.53. The lowest BCUT2D eigenvalue weighted by Gasteiger charge is -2.33. The fourth-order valence-electron chi connectivity index (χ4n) is 6.00. The maximum Gasteiger partial charge on any atom is 0.306 e. The molecule has 5 rings (SSSR count). The highest BCUT2D eigenvalue weighted by Crippen LogP contribution is 2.47. The summed E-state index contributed by atoms with van der Waals surface area (Å²) in [6, 6.07) is 14.3. The summed E-state index contributed by atoms with van der Waals surface area (Å²) in [5.41, 5.74) is 5.79. The van der Waals surface area contributed by atoms with Crippen molar-refractivity contribution in [2.75, 3.05) is 7.05 Å². The molecule has 0 radical (unpaired) electrons. The van der Waals surface area contributed by atoms with Crippen LogP contribution < -0.4 is 0 Å². The lowest BCUT2D eigenvalue weighted by molar-refractivity contribution is -0.155. The van der Waals surface area contributed by atoms with Crippen molar-refractivity contribution in [1.82, 2.24) is 9.47 Å². The van der Waals surface area contributed by atoms with E-state index in [9.17, 15) is 9.18 Å². The number of hydrogen-bond donors (Lipinski definition) is 0. The first kappa shape index (κ1) is 23.1. The average molecular weight is 463 g/mol. The van der Waals surface area contributed by atoms with E-state index in [2.05, 4.69) is 41.6 Å². The number of rotatable bonds is 5. The quantitative estimate of drug-likeness (QED) is 0.418. The number of aromatic nitrogens is 1. The molecule has 1 aromatic heterocycles. The van der Waals surface area contributed by atoms with Gasteiger partial charge in [-0.2, -0.15) is 0 Å². The van der Waals surface area contributed by atoms with Gasteiger partial charge < -0.3 is 9.30 Å². The molecule has 5 heteroatoms. The monoisotopic (exact) mass is 462 g/mol. The molecule has 3 aromatic rings. The molecule has 3 atom stereocenters. The first-order chi connectivity index (χ1) is 16.1. The van der Waals surface area contributed by atoms with Gasteiger partial charge in [0, 0.05) is 47.6 Å². The predicted octanol–water partition coefficient (Wildman–Crippen LogP) is 6.30. The number of fused-ring (bicyclic) bond motifs is 6. The molecule has 2 aliphatic heterocycles. The molecule has 34 heavy (non-hydrogen) atoms. The van der Waals surface area contributed by atoms with Crippen molar-refractivity contribution in [3.63, 3.8) is 0 Å². The third-order valence-electron chi connectivity index (χ3n) is 7.55. The number of carbonyl (C=O) groups is 1. The Hall–Kier alpha value is -2.66. The van der Waals surface area contributed by atoms with Crippen molar-refractivity contribution >= 4 is 16.9 Å². The average Bonchev–Trinajstić information content (AvgIpc) is 3.16. The number of carbonyl (C=O) groups excluding carboxylic acids is 1. The molecule has 4 nitrogen and oxygen atoms in total. The van der Waals surface area contributed by atoms with Crippen LogP contribution in [0.25, 0.3) is 10.9 Å². The minimum absolute atomic E-state index is 0.103. The molecule has 0 aliphatic carbocycles. The molecule has 0 saturated carbocycles. The van der Waals surface area contributed by atoms with Crippen LogP contribution in [-0.2, 0) is 22.5 Å². The van der Waals surface area contributed by atoms with Gasteiger partial charge in [-0.3, -0.25) is 9.69 Å². The number of benzene rings is 2. The summed E-state index contributed by atoms with van der Waals surface area (Å²) in [5, 5.41) is 1.34.